The molecular weight excluding hydrogens is 457 g/mol. The number of fused-ring (bicyclic) bond motifs is 1. The maximum absolute atomic E-state index is 14.3. The molecule has 33 heavy (non-hydrogen) atoms. The number of para-hydroxylation sites is 2. The van der Waals surface area contributed by atoms with Gasteiger partial charge in [0.1, 0.15) is 11.8 Å². The molecule has 0 amide bonds. The number of methoxy groups -OCH3 is 1. The third-order valence-corrected chi connectivity index (χ3v) is 5.63. The van der Waals surface area contributed by atoms with Gasteiger partial charge in [-0.1, -0.05) is 73.8 Å². The van der Waals surface area contributed by atoms with E-state index in [0.29, 0.717) is 17.5 Å². The van der Waals surface area contributed by atoms with Crippen molar-refractivity contribution in [2.24, 2.45) is 0 Å². The van der Waals surface area contributed by atoms with Crippen LogP contribution in [0.2, 0.25) is 5.15 Å². The van der Waals surface area contributed by atoms with Gasteiger partial charge in [-0.2, -0.15) is 13.2 Å². The number of carbonyl (C=O) groups is 1. The van der Waals surface area contributed by atoms with Crippen molar-refractivity contribution in [1.82, 2.24) is 9.97 Å². The molecule has 1 aromatic heterocycles. The number of nitrogens with zero attached hydrogens (tertiary/aromatic N) is 2. The highest BCUT2D eigenvalue weighted by molar-refractivity contribution is 6.30. The molecule has 2 atom stereocenters. The number of hydrogen-bond acceptors (Lipinski definition) is 5. The molecular formula is C24H24ClF3N2O3. The number of esters is 1. The molecule has 3 aromatic rings. The van der Waals surface area contributed by atoms with Crippen molar-refractivity contribution >= 4 is 28.6 Å². The predicted molar refractivity (Wildman–Crippen MR) is 119 cm³/mol. The zero-order chi connectivity index (χ0) is 24.1. The SMILES string of the molecule is CCCCC[C@H](OC(=O)[C@](OC)(c1ccccc1)C(F)(F)F)c1nc2ccccc2nc1Cl. The largest absolute Gasteiger partial charge is 0.453 e. The van der Waals surface area contributed by atoms with Crippen molar-refractivity contribution in [3.8, 4) is 0 Å². The molecule has 2 aromatic carbocycles. The van der Waals surface area contributed by atoms with Crippen LogP contribution in [-0.4, -0.2) is 29.2 Å². The van der Waals surface area contributed by atoms with E-state index < -0.39 is 23.9 Å². The quantitative estimate of drug-likeness (QED) is 0.256. The number of rotatable bonds is 9. The molecule has 0 saturated heterocycles. The Morgan fingerprint density at radius 1 is 1.00 bits per heavy atom. The molecule has 0 fully saturated rings. The molecule has 0 aliphatic rings. The lowest BCUT2D eigenvalue weighted by Gasteiger charge is -2.33. The van der Waals surface area contributed by atoms with Gasteiger partial charge in [0.25, 0.3) is 5.60 Å². The molecule has 9 heteroatoms. The summed E-state index contributed by atoms with van der Waals surface area (Å²) in [6.45, 7) is 1.98. The lowest BCUT2D eigenvalue weighted by Crippen LogP contribution is -2.52. The van der Waals surface area contributed by atoms with Crippen LogP contribution in [0.4, 0.5) is 13.2 Å². The van der Waals surface area contributed by atoms with Crippen LogP contribution in [0, 0.1) is 0 Å². The fraction of sp³-hybridized carbons (Fsp3) is 0.375. The van der Waals surface area contributed by atoms with E-state index >= 15 is 0 Å². The zero-order valence-electron chi connectivity index (χ0n) is 18.2. The number of carbonyl (C=O) groups excluding carboxylic acids is 1. The average molecular weight is 481 g/mol. The first-order chi connectivity index (χ1) is 15.7. The Balaban J connectivity index is 2.05. The summed E-state index contributed by atoms with van der Waals surface area (Å²) in [5, 5.41) is -0.0299. The fourth-order valence-corrected chi connectivity index (χ4v) is 3.88. The summed E-state index contributed by atoms with van der Waals surface area (Å²) in [6.07, 6.45) is -3.72. The molecule has 0 N–H and O–H groups in total. The van der Waals surface area contributed by atoms with Crippen LogP contribution in [-0.2, 0) is 19.9 Å². The summed E-state index contributed by atoms with van der Waals surface area (Å²) in [7, 11) is 0.830. The molecule has 0 saturated carbocycles. The summed E-state index contributed by atoms with van der Waals surface area (Å²) < 4.78 is 53.2. The summed E-state index contributed by atoms with van der Waals surface area (Å²) in [6, 6.07) is 13.6. The lowest BCUT2D eigenvalue weighted by molar-refractivity contribution is -0.278. The molecule has 0 bridgehead atoms. The molecule has 5 nitrogen and oxygen atoms in total. The van der Waals surface area contributed by atoms with Gasteiger partial charge in [0.05, 0.1) is 11.0 Å². The Labute approximate surface area is 194 Å². The molecule has 0 unspecified atom stereocenters. The Hall–Kier alpha value is -2.71. The maximum atomic E-state index is 14.3. The average Bonchev–Trinajstić information content (AvgIpc) is 2.79. The van der Waals surface area contributed by atoms with Crippen LogP contribution < -0.4 is 0 Å². The van der Waals surface area contributed by atoms with Crippen molar-refractivity contribution in [1.29, 1.82) is 0 Å². The number of aromatic nitrogens is 2. The van der Waals surface area contributed by atoms with Crippen LogP contribution in [0.3, 0.4) is 0 Å². The van der Waals surface area contributed by atoms with E-state index in [9.17, 15) is 18.0 Å². The van der Waals surface area contributed by atoms with Gasteiger partial charge in [-0.3, -0.25) is 0 Å². The Morgan fingerprint density at radius 3 is 2.18 bits per heavy atom. The highest BCUT2D eigenvalue weighted by Crippen LogP contribution is 2.44. The lowest BCUT2D eigenvalue weighted by atomic mass is 9.92. The zero-order valence-corrected chi connectivity index (χ0v) is 19.0. The third kappa shape index (κ3) is 5.12. The summed E-state index contributed by atoms with van der Waals surface area (Å²) in [5.41, 5.74) is -2.55. The number of ether oxygens (including phenoxy) is 2. The molecule has 176 valence electrons. The Bertz CT molecular complexity index is 1100. The molecule has 0 aliphatic heterocycles. The number of hydrogen-bond donors (Lipinski definition) is 0. The van der Waals surface area contributed by atoms with Crippen molar-refractivity contribution in [3.05, 3.63) is 71.0 Å². The highest BCUT2D eigenvalue weighted by Gasteiger charge is 2.64. The van der Waals surface area contributed by atoms with Gasteiger partial charge in [0.15, 0.2) is 5.15 Å². The van der Waals surface area contributed by atoms with Gasteiger partial charge in [-0.05, 0) is 25.0 Å². The van der Waals surface area contributed by atoms with E-state index in [2.05, 4.69) is 9.97 Å². The van der Waals surface area contributed by atoms with Gasteiger partial charge in [-0.15, -0.1) is 0 Å². The van der Waals surface area contributed by atoms with Gasteiger partial charge < -0.3 is 9.47 Å². The standard InChI is InChI=1S/C24H24ClF3N2O3/c1-3-4-6-15-19(20-21(25)30-18-14-10-9-13-17(18)29-20)33-22(31)23(32-2,24(26,27)28)16-11-7-5-8-12-16/h5,7-14,19H,3-4,6,15H2,1-2H3/t19-,23+/m0/s1. The minimum absolute atomic E-state index is 0.0299. The second kappa shape index (κ2) is 10.5. The molecule has 0 radical (unpaired) electrons. The second-order valence-electron chi connectivity index (χ2n) is 7.53. The first-order valence-corrected chi connectivity index (χ1v) is 10.9. The van der Waals surface area contributed by atoms with Gasteiger partial charge in [0.2, 0.25) is 0 Å². The number of benzene rings is 2. The van der Waals surface area contributed by atoms with Crippen molar-refractivity contribution < 1.29 is 27.4 Å². The first kappa shape index (κ1) is 24.9. The third-order valence-electron chi connectivity index (χ3n) is 5.35. The molecule has 1 heterocycles. The number of alkyl halides is 3. The minimum Gasteiger partial charge on any atom is -0.453 e. The van der Waals surface area contributed by atoms with Crippen LogP contribution in [0.25, 0.3) is 11.0 Å². The van der Waals surface area contributed by atoms with Crippen molar-refractivity contribution in [3.63, 3.8) is 0 Å². The van der Waals surface area contributed by atoms with Crippen molar-refractivity contribution in [2.45, 2.75) is 50.5 Å². The van der Waals surface area contributed by atoms with Crippen LogP contribution in [0.1, 0.15) is 50.0 Å². The van der Waals surface area contributed by atoms with E-state index in [4.69, 9.17) is 21.1 Å². The topological polar surface area (TPSA) is 61.3 Å². The normalized spacial score (nSPS) is 14.6. The summed E-state index contributed by atoms with van der Waals surface area (Å²) in [5.74, 6) is -1.59. The van der Waals surface area contributed by atoms with Gasteiger partial charge in [0, 0.05) is 12.7 Å². The van der Waals surface area contributed by atoms with E-state index in [1.165, 1.54) is 24.3 Å². The van der Waals surface area contributed by atoms with Crippen LogP contribution in [0.5, 0.6) is 0 Å². The second-order valence-corrected chi connectivity index (χ2v) is 7.89. The number of unbranched alkanes of at least 4 members (excludes halogenated alkanes) is 2. The van der Waals surface area contributed by atoms with Crippen molar-refractivity contribution in [2.75, 3.05) is 7.11 Å². The smallest absolute Gasteiger partial charge is 0.432 e. The van der Waals surface area contributed by atoms with Crippen LogP contribution >= 0.6 is 11.6 Å². The molecule has 0 spiro atoms. The van der Waals surface area contributed by atoms with Gasteiger partial charge >= 0.3 is 12.1 Å². The fourth-order valence-electron chi connectivity index (χ4n) is 3.63. The highest BCUT2D eigenvalue weighted by atomic mass is 35.5. The minimum atomic E-state index is -5.08. The Morgan fingerprint density at radius 2 is 1.61 bits per heavy atom. The first-order valence-electron chi connectivity index (χ1n) is 10.5. The van der Waals surface area contributed by atoms with E-state index in [1.807, 2.05) is 6.92 Å². The summed E-state index contributed by atoms with van der Waals surface area (Å²) in [4.78, 5) is 21.9. The number of halogens is 4. The Kier molecular flexibility index (Phi) is 7.92. The molecule has 0 aliphatic carbocycles. The molecule has 3 rings (SSSR count). The predicted octanol–water partition coefficient (Wildman–Crippen LogP) is 6.55. The van der Waals surface area contributed by atoms with E-state index in [0.717, 1.165) is 20.0 Å². The van der Waals surface area contributed by atoms with E-state index in [-0.39, 0.29) is 22.8 Å². The monoisotopic (exact) mass is 480 g/mol. The van der Waals surface area contributed by atoms with Crippen LogP contribution in [0.15, 0.2) is 54.6 Å². The summed E-state index contributed by atoms with van der Waals surface area (Å²) >= 11 is 6.33. The van der Waals surface area contributed by atoms with Gasteiger partial charge in [-0.25, -0.2) is 14.8 Å². The van der Waals surface area contributed by atoms with E-state index in [1.54, 1.807) is 30.3 Å². The maximum Gasteiger partial charge on any atom is 0.432 e.